The van der Waals surface area contributed by atoms with Crippen molar-refractivity contribution in [3.63, 3.8) is 0 Å². The van der Waals surface area contributed by atoms with Crippen LogP contribution < -0.4 is 15.4 Å². The van der Waals surface area contributed by atoms with Crippen LogP contribution in [-0.2, 0) is 4.79 Å². The Bertz CT molecular complexity index is 458. The van der Waals surface area contributed by atoms with Crippen LogP contribution in [0.1, 0.15) is 24.5 Å². The molecule has 0 spiro atoms. The van der Waals surface area contributed by atoms with E-state index < -0.39 is 0 Å². The summed E-state index contributed by atoms with van der Waals surface area (Å²) in [6, 6.07) is 3.82. The molecule has 4 nitrogen and oxygen atoms in total. The molecule has 0 saturated heterocycles. The molecule has 4 heteroatoms. The molecule has 106 valence electrons. The highest BCUT2D eigenvalue weighted by Crippen LogP contribution is 2.29. The number of amides is 1. The van der Waals surface area contributed by atoms with E-state index in [2.05, 4.69) is 0 Å². The number of anilines is 1. The van der Waals surface area contributed by atoms with Crippen LogP contribution in [0.2, 0.25) is 0 Å². The average Bonchev–Trinajstić information content (AvgIpc) is 2.40. The molecular formula is C15H24N2O2. The second-order valence-electron chi connectivity index (χ2n) is 5.03. The number of benzene rings is 1. The molecule has 1 unspecified atom stereocenters. The highest BCUT2D eigenvalue weighted by atomic mass is 16.5. The first-order valence-electron chi connectivity index (χ1n) is 6.53. The fourth-order valence-electron chi connectivity index (χ4n) is 2.02. The standard InChI is InChI=1S/C15H24N2O2/c1-10(9-16)8-15(18)17(4)13-6-7-14(19-5)12(3)11(13)2/h6-7,10H,8-9,16H2,1-5H3. The Morgan fingerprint density at radius 3 is 2.53 bits per heavy atom. The van der Waals surface area contributed by atoms with E-state index in [0.717, 1.165) is 22.6 Å². The normalized spacial score (nSPS) is 12.1. The van der Waals surface area contributed by atoms with Gasteiger partial charge in [0.2, 0.25) is 5.91 Å². The molecule has 1 atom stereocenters. The Morgan fingerprint density at radius 2 is 2.00 bits per heavy atom. The zero-order valence-electron chi connectivity index (χ0n) is 12.5. The molecule has 0 fully saturated rings. The van der Waals surface area contributed by atoms with Crippen LogP contribution in [0.15, 0.2) is 12.1 Å². The van der Waals surface area contributed by atoms with Gasteiger partial charge < -0.3 is 15.4 Å². The SMILES string of the molecule is COc1ccc(N(C)C(=O)CC(C)CN)c(C)c1C. The highest BCUT2D eigenvalue weighted by molar-refractivity contribution is 5.94. The van der Waals surface area contributed by atoms with E-state index in [9.17, 15) is 4.79 Å². The minimum absolute atomic E-state index is 0.0885. The van der Waals surface area contributed by atoms with Gasteiger partial charge in [-0.05, 0) is 49.6 Å². The van der Waals surface area contributed by atoms with E-state index in [1.54, 1.807) is 19.1 Å². The number of nitrogens with zero attached hydrogens (tertiary/aromatic N) is 1. The molecule has 1 aromatic rings. The molecule has 0 aliphatic heterocycles. The molecule has 0 aliphatic carbocycles. The van der Waals surface area contributed by atoms with Crippen molar-refractivity contribution in [1.82, 2.24) is 0 Å². The summed E-state index contributed by atoms with van der Waals surface area (Å²) < 4.78 is 5.28. The van der Waals surface area contributed by atoms with Crippen molar-refractivity contribution in [3.05, 3.63) is 23.3 Å². The monoisotopic (exact) mass is 264 g/mol. The second kappa shape index (κ2) is 6.57. The van der Waals surface area contributed by atoms with Gasteiger partial charge in [0.25, 0.3) is 0 Å². The smallest absolute Gasteiger partial charge is 0.227 e. The summed E-state index contributed by atoms with van der Waals surface area (Å²) in [5.41, 5.74) is 8.61. The van der Waals surface area contributed by atoms with Crippen LogP contribution in [0.3, 0.4) is 0 Å². The first-order chi connectivity index (χ1) is 8.92. The van der Waals surface area contributed by atoms with Gasteiger partial charge in [0.15, 0.2) is 0 Å². The fraction of sp³-hybridized carbons (Fsp3) is 0.533. The van der Waals surface area contributed by atoms with E-state index in [-0.39, 0.29) is 11.8 Å². The summed E-state index contributed by atoms with van der Waals surface area (Å²) in [6.07, 6.45) is 0.470. The maximum absolute atomic E-state index is 12.2. The maximum Gasteiger partial charge on any atom is 0.227 e. The third-order valence-electron chi connectivity index (χ3n) is 3.59. The van der Waals surface area contributed by atoms with Crippen LogP contribution in [0.4, 0.5) is 5.69 Å². The Morgan fingerprint density at radius 1 is 1.37 bits per heavy atom. The lowest BCUT2D eigenvalue weighted by atomic mass is 10.0. The van der Waals surface area contributed by atoms with E-state index >= 15 is 0 Å². The molecule has 0 heterocycles. The zero-order valence-corrected chi connectivity index (χ0v) is 12.5. The molecule has 0 saturated carbocycles. The van der Waals surface area contributed by atoms with E-state index in [0.29, 0.717) is 13.0 Å². The maximum atomic E-state index is 12.2. The lowest BCUT2D eigenvalue weighted by molar-refractivity contribution is -0.119. The molecule has 1 amide bonds. The largest absolute Gasteiger partial charge is 0.496 e. The summed E-state index contributed by atoms with van der Waals surface area (Å²) in [4.78, 5) is 13.9. The van der Waals surface area contributed by atoms with Gasteiger partial charge in [-0.15, -0.1) is 0 Å². The third kappa shape index (κ3) is 3.47. The topological polar surface area (TPSA) is 55.6 Å². The summed E-state index contributed by atoms with van der Waals surface area (Å²) in [6.45, 7) is 6.51. The van der Waals surface area contributed by atoms with Gasteiger partial charge in [-0.3, -0.25) is 4.79 Å². The zero-order chi connectivity index (χ0) is 14.6. The number of rotatable bonds is 5. The average molecular weight is 264 g/mol. The molecule has 0 aliphatic rings. The molecule has 0 radical (unpaired) electrons. The third-order valence-corrected chi connectivity index (χ3v) is 3.59. The van der Waals surface area contributed by atoms with Gasteiger partial charge in [-0.1, -0.05) is 6.92 Å². The number of hydrogen-bond donors (Lipinski definition) is 1. The summed E-state index contributed by atoms with van der Waals surface area (Å²) in [5, 5.41) is 0. The molecule has 1 aromatic carbocycles. The van der Waals surface area contributed by atoms with Crippen molar-refractivity contribution >= 4 is 11.6 Å². The van der Waals surface area contributed by atoms with Crippen molar-refractivity contribution in [2.45, 2.75) is 27.2 Å². The van der Waals surface area contributed by atoms with Gasteiger partial charge in [0.05, 0.1) is 7.11 Å². The minimum Gasteiger partial charge on any atom is -0.496 e. The number of carbonyl (C=O) groups excluding carboxylic acids is 1. The lowest BCUT2D eigenvalue weighted by Gasteiger charge is -2.23. The van der Waals surface area contributed by atoms with Crippen LogP contribution in [-0.4, -0.2) is 26.6 Å². The number of methoxy groups -OCH3 is 1. The number of carbonyl (C=O) groups is 1. The number of nitrogens with two attached hydrogens (primary N) is 1. The van der Waals surface area contributed by atoms with Gasteiger partial charge in [-0.2, -0.15) is 0 Å². The van der Waals surface area contributed by atoms with Crippen molar-refractivity contribution < 1.29 is 9.53 Å². The van der Waals surface area contributed by atoms with Crippen molar-refractivity contribution in [1.29, 1.82) is 0 Å². The van der Waals surface area contributed by atoms with E-state index in [1.165, 1.54) is 0 Å². The predicted molar refractivity (Wildman–Crippen MR) is 78.7 cm³/mol. The van der Waals surface area contributed by atoms with Gasteiger partial charge >= 0.3 is 0 Å². The Kier molecular flexibility index (Phi) is 5.36. The summed E-state index contributed by atoms with van der Waals surface area (Å²) in [5.74, 6) is 1.14. The quantitative estimate of drug-likeness (QED) is 0.887. The molecular weight excluding hydrogens is 240 g/mol. The van der Waals surface area contributed by atoms with Crippen molar-refractivity contribution in [3.8, 4) is 5.75 Å². The first-order valence-corrected chi connectivity index (χ1v) is 6.53. The minimum atomic E-state index is 0.0885. The first kappa shape index (κ1) is 15.5. The Hall–Kier alpha value is -1.55. The lowest BCUT2D eigenvalue weighted by Crippen LogP contribution is -2.30. The molecule has 2 N–H and O–H groups in total. The molecule has 1 rings (SSSR count). The van der Waals surface area contributed by atoms with Crippen LogP contribution >= 0.6 is 0 Å². The van der Waals surface area contributed by atoms with Crippen LogP contribution in [0.5, 0.6) is 5.75 Å². The highest BCUT2D eigenvalue weighted by Gasteiger charge is 2.17. The Labute approximate surface area is 115 Å². The second-order valence-corrected chi connectivity index (χ2v) is 5.03. The number of hydrogen-bond acceptors (Lipinski definition) is 3. The number of ether oxygens (including phenoxy) is 1. The molecule has 0 bridgehead atoms. The van der Waals surface area contributed by atoms with Gasteiger partial charge in [0, 0.05) is 19.2 Å². The Balaban J connectivity index is 2.97. The fourth-order valence-corrected chi connectivity index (χ4v) is 2.02. The van der Waals surface area contributed by atoms with E-state index in [1.807, 2.05) is 32.9 Å². The van der Waals surface area contributed by atoms with Crippen LogP contribution in [0, 0.1) is 19.8 Å². The van der Waals surface area contributed by atoms with Crippen molar-refractivity contribution in [2.75, 3.05) is 25.6 Å². The molecule has 0 aromatic heterocycles. The summed E-state index contributed by atoms with van der Waals surface area (Å²) in [7, 11) is 3.46. The molecule has 19 heavy (non-hydrogen) atoms. The predicted octanol–water partition coefficient (Wildman–Crippen LogP) is 2.26. The van der Waals surface area contributed by atoms with E-state index in [4.69, 9.17) is 10.5 Å². The van der Waals surface area contributed by atoms with Gasteiger partial charge in [0.1, 0.15) is 5.75 Å². The van der Waals surface area contributed by atoms with Crippen LogP contribution in [0.25, 0.3) is 0 Å². The van der Waals surface area contributed by atoms with Crippen molar-refractivity contribution in [2.24, 2.45) is 11.7 Å². The van der Waals surface area contributed by atoms with Gasteiger partial charge in [-0.25, -0.2) is 0 Å². The summed E-state index contributed by atoms with van der Waals surface area (Å²) >= 11 is 0.